The van der Waals surface area contributed by atoms with Crippen molar-refractivity contribution in [1.82, 2.24) is 4.90 Å². The molecule has 212 valence electrons. The van der Waals surface area contributed by atoms with Crippen LogP contribution in [0.2, 0.25) is 0 Å². The smallest absolute Gasteiger partial charge is 0.310 e. The predicted octanol–water partition coefficient (Wildman–Crippen LogP) is 3.24. The first-order chi connectivity index (χ1) is 19.3. The first kappa shape index (κ1) is 27.9. The number of carboxylic acids is 1. The Labute approximate surface area is 234 Å². The van der Waals surface area contributed by atoms with Crippen LogP contribution in [-0.4, -0.2) is 76.9 Å². The highest BCUT2D eigenvalue weighted by molar-refractivity contribution is 6.04. The van der Waals surface area contributed by atoms with E-state index in [1.807, 2.05) is 30.3 Å². The number of hydrogen-bond acceptors (Lipinski definition) is 6. The molecule has 1 spiro atoms. The van der Waals surface area contributed by atoms with E-state index in [0.29, 0.717) is 24.1 Å². The number of aliphatic hydroxyl groups is 1. The number of likely N-dealkylation sites (tertiary alicyclic amines) is 1. The number of carbonyl (C=O) groups excluding carboxylic acids is 2. The van der Waals surface area contributed by atoms with Gasteiger partial charge in [-0.3, -0.25) is 14.4 Å². The second kappa shape index (κ2) is 11.1. The first-order valence-electron chi connectivity index (χ1n) is 14.0. The van der Waals surface area contributed by atoms with Crippen LogP contribution in [0.25, 0.3) is 0 Å². The number of carboxylic acid groups (broad SMARTS) is 1. The van der Waals surface area contributed by atoms with Gasteiger partial charge in [-0.25, -0.2) is 0 Å². The number of aliphatic carboxylic acids is 1. The van der Waals surface area contributed by atoms with Crippen LogP contribution in [-0.2, 0) is 19.1 Å². The summed E-state index contributed by atoms with van der Waals surface area (Å²) in [6.07, 6.45) is 1.84. The van der Waals surface area contributed by atoms with Crippen molar-refractivity contribution in [2.75, 3.05) is 36.0 Å². The molecule has 2 bridgehead atoms. The highest BCUT2D eigenvalue weighted by atomic mass is 16.5. The van der Waals surface area contributed by atoms with E-state index in [9.17, 15) is 24.6 Å². The Morgan fingerprint density at radius 3 is 2.35 bits per heavy atom. The number of hydrogen-bond donors (Lipinski definition) is 2. The molecule has 2 aromatic carbocycles. The van der Waals surface area contributed by atoms with E-state index in [4.69, 9.17) is 4.74 Å². The van der Waals surface area contributed by atoms with Gasteiger partial charge in [0.25, 0.3) is 5.91 Å². The molecular formula is C31H37N3O6. The van der Waals surface area contributed by atoms with E-state index in [1.165, 1.54) is 4.90 Å². The Balaban J connectivity index is 1.60. The van der Waals surface area contributed by atoms with Gasteiger partial charge in [0.1, 0.15) is 11.6 Å². The molecule has 3 aliphatic heterocycles. The third-order valence-corrected chi connectivity index (χ3v) is 8.82. The lowest BCUT2D eigenvalue weighted by Gasteiger charge is -2.39. The molecule has 6 atom stereocenters. The van der Waals surface area contributed by atoms with Crippen LogP contribution in [0.4, 0.5) is 11.4 Å². The zero-order valence-electron chi connectivity index (χ0n) is 23.0. The number of ether oxygens (including phenoxy) is 1. The van der Waals surface area contributed by atoms with Crippen LogP contribution in [0.3, 0.4) is 0 Å². The average molecular weight is 548 g/mol. The summed E-state index contributed by atoms with van der Waals surface area (Å²) in [4.78, 5) is 46.3. The molecule has 2 aromatic rings. The van der Waals surface area contributed by atoms with Crippen molar-refractivity contribution < 1.29 is 29.3 Å². The molecule has 9 heteroatoms. The van der Waals surface area contributed by atoms with E-state index >= 15 is 0 Å². The van der Waals surface area contributed by atoms with E-state index in [1.54, 1.807) is 35.2 Å². The zero-order chi connectivity index (χ0) is 28.6. The van der Waals surface area contributed by atoms with Gasteiger partial charge in [0.2, 0.25) is 5.91 Å². The van der Waals surface area contributed by atoms with Crippen LogP contribution in [0.15, 0.2) is 67.3 Å². The lowest BCUT2D eigenvalue weighted by atomic mass is 9.70. The molecule has 3 aliphatic rings. The van der Waals surface area contributed by atoms with Crippen molar-refractivity contribution in [1.29, 1.82) is 0 Å². The minimum Gasteiger partial charge on any atom is -0.481 e. The summed E-state index contributed by atoms with van der Waals surface area (Å²) in [5.41, 5.74) is 1.04. The van der Waals surface area contributed by atoms with Crippen molar-refractivity contribution in [2.45, 2.75) is 50.5 Å². The summed E-state index contributed by atoms with van der Waals surface area (Å²) in [7, 11) is 0. The van der Waals surface area contributed by atoms with Gasteiger partial charge >= 0.3 is 5.97 Å². The topological polar surface area (TPSA) is 111 Å². The Kier molecular flexibility index (Phi) is 7.70. The molecule has 3 saturated heterocycles. The van der Waals surface area contributed by atoms with Crippen LogP contribution in [0, 0.1) is 11.8 Å². The van der Waals surface area contributed by atoms with Gasteiger partial charge in [0.05, 0.1) is 30.6 Å². The SMILES string of the molecule is C=CCN(C(=O)C1N([C@H](CO)c2ccccc2)C(=O)[C@@H]2[C@H](C(=O)O)[C@@H]3CCC12O3)c1ccc(N(CC)CC)cc1. The van der Waals surface area contributed by atoms with Gasteiger partial charge in [-0.05, 0) is 56.5 Å². The molecule has 2 N–H and O–H groups in total. The lowest BCUT2D eigenvalue weighted by molar-refractivity contribution is -0.151. The molecule has 5 rings (SSSR count). The number of anilines is 2. The monoisotopic (exact) mass is 547 g/mol. The van der Waals surface area contributed by atoms with Crippen molar-refractivity contribution in [3.63, 3.8) is 0 Å². The quantitative estimate of drug-likeness (QED) is 0.416. The Bertz CT molecular complexity index is 1260. The maximum Gasteiger partial charge on any atom is 0.310 e. The lowest BCUT2D eigenvalue weighted by Crippen LogP contribution is -2.57. The zero-order valence-corrected chi connectivity index (χ0v) is 23.0. The number of nitrogens with zero attached hydrogens (tertiary/aromatic N) is 3. The number of amides is 2. The molecule has 0 aliphatic carbocycles. The number of fused-ring (bicyclic) bond motifs is 1. The summed E-state index contributed by atoms with van der Waals surface area (Å²) in [6, 6.07) is 14.7. The normalized spacial score (nSPS) is 27.4. The highest BCUT2D eigenvalue weighted by Crippen LogP contribution is 2.60. The van der Waals surface area contributed by atoms with Gasteiger partial charge in [0, 0.05) is 31.0 Å². The molecule has 3 heterocycles. The summed E-state index contributed by atoms with van der Waals surface area (Å²) < 4.78 is 6.36. The van der Waals surface area contributed by atoms with Crippen molar-refractivity contribution >= 4 is 29.2 Å². The molecule has 3 fully saturated rings. The first-order valence-corrected chi connectivity index (χ1v) is 14.0. The van der Waals surface area contributed by atoms with E-state index in [-0.39, 0.29) is 12.5 Å². The molecule has 2 unspecified atom stereocenters. The maximum absolute atomic E-state index is 14.6. The second-order valence-electron chi connectivity index (χ2n) is 10.7. The fourth-order valence-electron chi connectivity index (χ4n) is 7.05. The molecule has 2 amide bonds. The molecule has 9 nitrogen and oxygen atoms in total. The molecule has 0 aromatic heterocycles. The molecular weight excluding hydrogens is 510 g/mol. The number of rotatable bonds is 11. The summed E-state index contributed by atoms with van der Waals surface area (Å²) >= 11 is 0. The van der Waals surface area contributed by atoms with E-state index in [2.05, 4.69) is 25.3 Å². The van der Waals surface area contributed by atoms with Crippen molar-refractivity contribution in [3.05, 3.63) is 72.8 Å². The third kappa shape index (κ3) is 4.28. The van der Waals surface area contributed by atoms with Gasteiger partial charge in [-0.2, -0.15) is 0 Å². The van der Waals surface area contributed by atoms with Crippen molar-refractivity contribution in [2.24, 2.45) is 11.8 Å². The fourth-order valence-corrected chi connectivity index (χ4v) is 7.05. The van der Waals surface area contributed by atoms with Crippen LogP contribution in [0.1, 0.15) is 38.3 Å². The summed E-state index contributed by atoms with van der Waals surface area (Å²) in [5.74, 6) is -4.00. The van der Waals surface area contributed by atoms with Crippen LogP contribution < -0.4 is 9.80 Å². The highest BCUT2D eigenvalue weighted by Gasteiger charge is 2.75. The fraction of sp³-hybridized carbons (Fsp3) is 0.452. The predicted molar refractivity (Wildman–Crippen MR) is 151 cm³/mol. The standard InChI is InChI=1S/C31H37N3O6/c1-4-18-33(22-14-12-21(13-15-22)32(5-2)6-3)29(37)27-31-17-16-24(40-31)25(30(38)39)26(31)28(36)34(27)23(19-35)20-10-8-7-9-11-20/h4,7-15,23-27,35H,1,5-6,16-19H2,2-3H3,(H,38,39)/t23-,24+,25-,26+,27?,31?/m1/s1. The Morgan fingerprint density at radius 2 is 1.77 bits per heavy atom. The summed E-state index contributed by atoms with van der Waals surface area (Å²) in [5, 5.41) is 20.6. The van der Waals surface area contributed by atoms with Gasteiger partial charge in [0.15, 0.2) is 0 Å². The minimum absolute atomic E-state index is 0.184. The maximum atomic E-state index is 14.6. The average Bonchev–Trinajstić information content (AvgIpc) is 3.61. The van der Waals surface area contributed by atoms with E-state index in [0.717, 1.165) is 18.8 Å². The van der Waals surface area contributed by atoms with Crippen LogP contribution >= 0.6 is 0 Å². The van der Waals surface area contributed by atoms with Gasteiger partial charge in [-0.15, -0.1) is 6.58 Å². The molecule has 0 radical (unpaired) electrons. The molecule has 40 heavy (non-hydrogen) atoms. The largest absolute Gasteiger partial charge is 0.481 e. The third-order valence-electron chi connectivity index (χ3n) is 8.82. The second-order valence-corrected chi connectivity index (χ2v) is 10.7. The summed E-state index contributed by atoms with van der Waals surface area (Å²) in [6.45, 7) is 9.47. The molecule has 0 saturated carbocycles. The number of benzene rings is 2. The Hall–Kier alpha value is -3.69. The Morgan fingerprint density at radius 1 is 1.12 bits per heavy atom. The van der Waals surface area contributed by atoms with Gasteiger partial charge < -0.3 is 29.6 Å². The van der Waals surface area contributed by atoms with E-state index < -0.39 is 54.1 Å². The van der Waals surface area contributed by atoms with Gasteiger partial charge in [-0.1, -0.05) is 36.4 Å². The minimum atomic E-state index is -1.29. The van der Waals surface area contributed by atoms with Crippen molar-refractivity contribution in [3.8, 4) is 0 Å². The number of carbonyl (C=O) groups is 3. The number of aliphatic hydroxyl groups excluding tert-OH is 1. The van der Waals surface area contributed by atoms with Crippen LogP contribution in [0.5, 0.6) is 0 Å².